The molecule has 0 unspecified atom stereocenters. The molecule has 0 aromatic heterocycles. The average molecular weight is 172 g/mol. The van der Waals surface area contributed by atoms with Crippen molar-refractivity contribution in [1.82, 2.24) is 5.32 Å². The van der Waals surface area contributed by atoms with Gasteiger partial charge >= 0.3 is 0 Å². The number of hydrogen-bond donors (Lipinski definition) is 2. The Balaban J connectivity index is 3.57. The van der Waals surface area contributed by atoms with Crippen LogP contribution in [0.4, 0.5) is 0 Å². The predicted molar refractivity (Wildman–Crippen MR) is 42.1 cm³/mol. The Kier molecular flexibility index (Phi) is 4.87. The lowest BCUT2D eigenvalue weighted by Gasteiger charge is -2.02. The molecule has 0 aromatic carbocycles. The number of nitrogens with one attached hydrogen (secondary N) is 1. The van der Waals surface area contributed by atoms with E-state index in [4.69, 9.17) is 5.73 Å². The molecule has 0 aromatic rings. The highest BCUT2D eigenvalue weighted by Gasteiger charge is 2.06. The normalized spacial score (nSPS) is 11.8. The molecule has 1 atom stereocenters. The molecule has 0 rings (SSSR count). The summed E-state index contributed by atoms with van der Waals surface area (Å²) in [4.78, 5) is 31.1. The molecule has 5 heteroatoms. The van der Waals surface area contributed by atoms with E-state index in [1.54, 1.807) is 0 Å². The molecule has 0 saturated carbocycles. The summed E-state index contributed by atoms with van der Waals surface area (Å²) < 4.78 is 0. The van der Waals surface area contributed by atoms with E-state index < -0.39 is 17.9 Å². The second-order valence-electron chi connectivity index (χ2n) is 2.44. The highest BCUT2D eigenvalue weighted by molar-refractivity contribution is 5.93. The van der Waals surface area contributed by atoms with E-state index >= 15 is 0 Å². The van der Waals surface area contributed by atoms with E-state index in [1.807, 2.05) is 0 Å². The van der Waals surface area contributed by atoms with Crippen LogP contribution >= 0.6 is 0 Å². The molecular formula is C7H12N2O3. The maximum Gasteiger partial charge on any atom is 0.226 e. The van der Waals surface area contributed by atoms with Crippen molar-refractivity contribution < 1.29 is 14.4 Å². The number of imide groups is 1. The number of aldehydes is 1. The number of rotatable bonds is 4. The van der Waals surface area contributed by atoms with Crippen molar-refractivity contribution in [2.75, 3.05) is 0 Å². The zero-order valence-corrected chi connectivity index (χ0v) is 6.87. The summed E-state index contributed by atoms with van der Waals surface area (Å²) in [5, 5.41) is 2.07. The van der Waals surface area contributed by atoms with Crippen LogP contribution in [0.1, 0.15) is 19.8 Å². The minimum absolute atomic E-state index is 0.0967. The molecule has 12 heavy (non-hydrogen) atoms. The molecule has 2 amide bonds. The van der Waals surface area contributed by atoms with Gasteiger partial charge in [0.15, 0.2) is 0 Å². The van der Waals surface area contributed by atoms with Crippen LogP contribution in [0.15, 0.2) is 0 Å². The fraction of sp³-hybridized carbons (Fsp3) is 0.571. The fourth-order valence-electron chi connectivity index (χ4n) is 0.625. The molecule has 0 spiro atoms. The topological polar surface area (TPSA) is 89.3 Å². The summed E-state index contributed by atoms with van der Waals surface area (Å²) in [5.74, 6) is -0.806. The van der Waals surface area contributed by atoms with Crippen LogP contribution in [0, 0.1) is 0 Å². The molecule has 3 N–H and O–H groups in total. The maximum atomic E-state index is 10.8. The van der Waals surface area contributed by atoms with E-state index in [9.17, 15) is 14.4 Å². The van der Waals surface area contributed by atoms with Crippen LogP contribution < -0.4 is 11.1 Å². The smallest absolute Gasteiger partial charge is 0.226 e. The third-order valence-corrected chi connectivity index (χ3v) is 1.19. The number of carbonyl (C=O) groups excluding carboxylic acids is 3. The maximum absolute atomic E-state index is 10.8. The second-order valence-corrected chi connectivity index (χ2v) is 2.44. The van der Waals surface area contributed by atoms with Gasteiger partial charge in [-0.25, -0.2) is 0 Å². The summed E-state index contributed by atoms with van der Waals surface area (Å²) in [6.07, 6.45) is 0.934. The molecule has 0 aliphatic carbocycles. The summed E-state index contributed by atoms with van der Waals surface area (Å²) in [6, 6.07) is -0.622. The van der Waals surface area contributed by atoms with Crippen molar-refractivity contribution in [3.63, 3.8) is 0 Å². The van der Waals surface area contributed by atoms with Gasteiger partial charge in [0.1, 0.15) is 6.29 Å². The zero-order valence-electron chi connectivity index (χ0n) is 6.87. The van der Waals surface area contributed by atoms with Crippen molar-refractivity contribution in [1.29, 1.82) is 0 Å². The van der Waals surface area contributed by atoms with Gasteiger partial charge in [-0.1, -0.05) is 0 Å². The summed E-state index contributed by atoms with van der Waals surface area (Å²) in [7, 11) is 0. The number of carbonyl (C=O) groups is 3. The Morgan fingerprint density at radius 2 is 2.17 bits per heavy atom. The average Bonchev–Trinajstić information content (AvgIpc) is 1.99. The van der Waals surface area contributed by atoms with E-state index in [-0.39, 0.29) is 12.8 Å². The summed E-state index contributed by atoms with van der Waals surface area (Å²) in [5.41, 5.74) is 5.22. The summed E-state index contributed by atoms with van der Waals surface area (Å²) in [6.45, 7) is 1.25. The highest BCUT2D eigenvalue weighted by Crippen LogP contribution is 1.91. The first-order valence-electron chi connectivity index (χ1n) is 3.57. The van der Waals surface area contributed by atoms with Crippen LogP contribution in [0.3, 0.4) is 0 Å². The van der Waals surface area contributed by atoms with E-state index in [1.165, 1.54) is 6.92 Å². The predicted octanol–water partition coefficient (Wildman–Crippen LogP) is -1.04. The Morgan fingerprint density at radius 3 is 2.58 bits per heavy atom. The van der Waals surface area contributed by atoms with Crippen molar-refractivity contribution in [2.24, 2.45) is 5.73 Å². The van der Waals surface area contributed by atoms with Crippen molar-refractivity contribution in [3.05, 3.63) is 0 Å². The molecular weight excluding hydrogens is 160 g/mol. The second kappa shape index (κ2) is 5.42. The first-order chi connectivity index (χ1) is 5.56. The molecule has 5 nitrogen and oxygen atoms in total. The molecule has 0 aliphatic heterocycles. The van der Waals surface area contributed by atoms with Gasteiger partial charge in [0.2, 0.25) is 11.8 Å². The van der Waals surface area contributed by atoms with Gasteiger partial charge in [0, 0.05) is 13.3 Å². The lowest BCUT2D eigenvalue weighted by molar-refractivity contribution is -0.129. The molecule has 0 fully saturated rings. The van der Waals surface area contributed by atoms with Gasteiger partial charge in [-0.2, -0.15) is 0 Å². The van der Waals surface area contributed by atoms with Gasteiger partial charge in [-0.15, -0.1) is 0 Å². The Morgan fingerprint density at radius 1 is 1.58 bits per heavy atom. The Bertz CT molecular complexity index is 191. The monoisotopic (exact) mass is 172 g/mol. The van der Waals surface area contributed by atoms with Crippen molar-refractivity contribution in [2.45, 2.75) is 25.8 Å². The first-order valence-corrected chi connectivity index (χ1v) is 3.57. The lowest BCUT2D eigenvalue weighted by Crippen LogP contribution is -2.30. The minimum atomic E-state index is -0.622. The Hall–Kier alpha value is -1.23. The van der Waals surface area contributed by atoms with Crippen LogP contribution in [-0.4, -0.2) is 24.1 Å². The first kappa shape index (κ1) is 10.8. The minimum Gasteiger partial charge on any atom is -0.322 e. The molecule has 0 radical (unpaired) electrons. The largest absolute Gasteiger partial charge is 0.322 e. The van der Waals surface area contributed by atoms with E-state index in [2.05, 4.69) is 5.32 Å². The quantitative estimate of drug-likeness (QED) is 0.530. The summed E-state index contributed by atoms with van der Waals surface area (Å²) >= 11 is 0. The van der Waals surface area contributed by atoms with Crippen LogP contribution in [-0.2, 0) is 14.4 Å². The van der Waals surface area contributed by atoms with Gasteiger partial charge in [-0.3, -0.25) is 14.9 Å². The van der Waals surface area contributed by atoms with Gasteiger partial charge < -0.3 is 10.5 Å². The van der Waals surface area contributed by atoms with Crippen molar-refractivity contribution >= 4 is 18.1 Å². The third kappa shape index (κ3) is 5.55. The Labute approximate surface area is 70.3 Å². The molecule has 0 aliphatic rings. The van der Waals surface area contributed by atoms with Crippen LogP contribution in [0.25, 0.3) is 0 Å². The highest BCUT2D eigenvalue weighted by atomic mass is 16.2. The van der Waals surface area contributed by atoms with E-state index in [0.717, 1.165) is 0 Å². The third-order valence-electron chi connectivity index (χ3n) is 1.19. The SMILES string of the molecule is CC(=O)NC(=O)CC[C@H](N)C=O. The fourth-order valence-corrected chi connectivity index (χ4v) is 0.625. The molecule has 0 saturated heterocycles. The van der Waals surface area contributed by atoms with Gasteiger partial charge in [0.25, 0.3) is 0 Å². The van der Waals surface area contributed by atoms with Gasteiger partial charge in [0.05, 0.1) is 6.04 Å². The molecule has 68 valence electrons. The molecule has 0 bridgehead atoms. The van der Waals surface area contributed by atoms with Crippen LogP contribution in [0.5, 0.6) is 0 Å². The zero-order chi connectivity index (χ0) is 9.56. The molecule has 0 heterocycles. The van der Waals surface area contributed by atoms with Gasteiger partial charge in [-0.05, 0) is 6.42 Å². The number of hydrogen-bond acceptors (Lipinski definition) is 4. The number of amides is 2. The number of nitrogens with two attached hydrogens (primary N) is 1. The lowest BCUT2D eigenvalue weighted by atomic mass is 10.2. The van der Waals surface area contributed by atoms with Crippen LogP contribution in [0.2, 0.25) is 0 Å². The van der Waals surface area contributed by atoms with E-state index in [0.29, 0.717) is 6.29 Å². The standard InChI is InChI=1S/C7H12N2O3/c1-5(11)9-7(12)3-2-6(8)4-10/h4,6H,2-3,8H2,1H3,(H,9,11,12)/t6-/m0/s1. The van der Waals surface area contributed by atoms with Crippen molar-refractivity contribution in [3.8, 4) is 0 Å².